The van der Waals surface area contributed by atoms with Crippen molar-refractivity contribution >= 4 is 10.2 Å². The third-order valence-electron chi connectivity index (χ3n) is 3.76. The molecule has 0 radical (unpaired) electrons. The first-order valence-electron chi connectivity index (χ1n) is 6.84. The first-order chi connectivity index (χ1) is 7.10. The Bertz CT molecular complexity index is 139. The Labute approximate surface area is 99.8 Å². The molecule has 0 aliphatic rings. The Morgan fingerprint density at radius 2 is 1.53 bits per heavy atom. The van der Waals surface area contributed by atoms with Crippen molar-refractivity contribution in [3.8, 4) is 0 Å². The molecule has 15 heavy (non-hydrogen) atoms. The van der Waals surface area contributed by atoms with Gasteiger partial charge in [-0.3, -0.25) is 0 Å². The van der Waals surface area contributed by atoms with Crippen molar-refractivity contribution in [2.24, 2.45) is 0 Å². The van der Waals surface area contributed by atoms with Crippen LogP contribution in [0.2, 0.25) is 5.04 Å². The molecule has 0 amide bonds. The molecule has 0 saturated carbocycles. The van der Waals surface area contributed by atoms with E-state index in [9.17, 15) is 0 Å². The Balaban J connectivity index is 4.23. The van der Waals surface area contributed by atoms with Crippen molar-refractivity contribution in [3.63, 3.8) is 0 Å². The summed E-state index contributed by atoms with van der Waals surface area (Å²) in [5.74, 6) is 0. The summed E-state index contributed by atoms with van der Waals surface area (Å²) in [5, 5.41) is 4.28. The number of nitrogens with one attached hydrogen (secondary N) is 1. The summed E-state index contributed by atoms with van der Waals surface area (Å²) in [5.41, 5.74) is 0. The van der Waals surface area contributed by atoms with Gasteiger partial charge < -0.3 is 5.32 Å². The summed E-state index contributed by atoms with van der Waals surface area (Å²) in [6.45, 7) is 10.3. The second-order valence-electron chi connectivity index (χ2n) is 5.14. The lowest BCUT2D eigenvalue weighted by Crippen LogP contribution is -2.38. The number of rotatable bonds is 9. The van der Waals surface area contributed by atoms with Crippen molar-refractivity contribution in [2.45, 2.75) is 77.3 Å². The molecule has 0 heterocycles. The molecule has 92 valence electrons. The van der Waals surface area contributed by atoms with Gasteiger partial charge in [-0.05, 0) is 31.3 Å². The summed E-state index contributed by atoms with van der Waals surface area (Å²) < 4.78 is 0. The van der Waals surface area contributed by atoms with E-state index in [1.54, 1.807) is 0 Å². The Hall–Kier alpha value is 0.177. The van der Waals surface area contributed by atoms with Crippen LogP contribution in [0.3, 0.4) is 0 Å². The van der Waals surface area contributed by atoms with Crippen LogP contribution in [0.5, 0.6) is 0 Å². The van der Waals surface area contributed by atoms with E-state index in [-0.39, 0.29) is 0 Å². The molecule has 0 aliphatic heterocycles. The lowest BCUT2D eigenvalue weighted by atomic mass is 9.88. The second kappa shape index (κ2) is 8.34. The summed E-state index contributed by atoms with van der Waals surface area (Å²) in [6.07, 6.45) is 8.36. The predicted octanol–water partition coefficient (Wildman–Crippen LogP) is 2.89. The predicted molar refractivity (Wildman–Crippen MR) is 74.8 cm³/mol. The van der Waals surface area contributed by atoms with Gasteiger partial charge in [0, 0.05) is 16.3 Å². The van der Waals surface area contributed by atoms with Crippen LogP contribution >= 0.6 is 0 Å². The molecule has 1 atom stereocenters. The van der Waals surface area contributed by atoms with Crippen molar-refractivity contribution in [1.82, 2.24) is 5.32 Å². The third kappa shape index (κ3) is 5.72. The van der Waals surface area contributed by atoms with Crippen LogP contribution in [0.25, 0.3) is 0 Å². The molecule has 0 bridgehead atoms. The smallest absolute Gasteiger partial charge is 0.0126 e. The largest absolute Gasteiger partial charge is 0.314 e. The van der Waals surface area contributed by atoms with Crippen molar-refractivity contribution < 1.29 is 0 Å². The zero-order valence-corrected chi connectivity index (χ0v) is 13.5. The minimum atomic E-state index is 0.641. The van der Waals surface area contributed by atoms with Crippen LogP contribution in [-0.4, -0.2) is 22.8 Å². The highest BCUT2D eigenvalue weighted by molar-refractivity contribution is 6.15. The molecule has 0 aromatic heterocycles. The van der Waals surface area contributed by atoms with Gasteiger partial charge >= 0.3 is 0 Å². The fraction of sp³-hybridized carbons (Fsp3) is 1.00. The van der Waals surface area contributed by atoms with Crippen molar-refractivity contribution in [2.75, 3.05) is 6.54 Å². The first-order valence-corrected chi connectivity index (χ1v) is 7.84. The maximum Gasteiger partial charge on any atom is 0.0126 e. The summed E-state index contributed by atoms with van der Waals surface area (Å²) >= 11 is 0. The van der Waals surface area contributed by atoms with Gasteiger partial charge in [0.25, 0.3) is 0 Å². The van der Waals surface area contributed by atoms with E-state index in [1.165, 1.54) is 48.8 Å². The zero-order chi connectivity index (χ0) is 11.7. The van der Waals surface area contributed by atoms with Crippen LogP contribution in [0.15, 0.2) is 0 Å². The van der Waals surface area contributed by atoms with Gasteiger partial charge in [-0.25, -0.2) is 0 Å². The standard InChI is InChI=1S/C13H31NSi/c1-5-8-10-13(15,11-9-6-2)12(4)14-7-3/h12,14H,5-11H2,1-4,15H3. The van der Waals surface area contributed by atoms with Gasteiger partial charge in [0.15, 0.2) is 0 Å². The Morgan fingerprint density at radius 3 is 1.87 bits per heavy atom. The highest BCUT2D eigenvalue weighted by atomic mass is 28.1. The molecular formula is C13H31NSi. The Morgan fingerprint density at radius 1 is 1.07 bits per heavy atom. The fourth-order valence-electron chi connectivity index (χ4n) is 2.27. The van der Waals surface area contributed by atoms with Crippen molar-refractivity contribution in [1.29, 1.82) is 0 Å². The molecule has 0 spiro atoms. The van der Waals surface area contributed by atoms with Crippen LogP contribution in [0.1, 0.15) is 66.2 Å². The van der Waals surface area contributed by atoms with E-state index >= 15 is 0 Å². The number of hydrogen-bond donors (Lipinski definition) is 1. The maximum absolute atomic E-state index is 3.64. The third-order valence-corrected chi connectivity index (χ3v) is 5.62. The number of hydrogen-bond acceptors (Lipinski definition) is 1. The SMILES string of the molecule is CCCCC([SiH3])(CCCC)C(C)NCC. The van der Waals surface area contributed by atoms with E-state index in [0.717, 1.165) is 6.54 Å². The van der Waals surface area contributed by atoms with Crippen molar-refractivity contribution in [3.05, 3.63) is 0 Å². The summed E-state index contributed by atoms with van der Waals surface area (Å²) in [4.78, 5) is 0. The molecule has 1 N–H and O–H groups in total. The van der Waals surface area contributed by atoms with Crippen LogP contribution in [0.4, 0.5) is 0 Å². The highest BCUT2D eigenvalue weighted by Gasteiger charge is 2.28. The zero-order valence-electron chi connectivity index (χ0n) is 11.5. The fourth-order valence-corrected chi connectivity index (χ4v) is 3.18. The van der Waals surface area contributed by atoms with Gasteiger partial charge in [0.2, 0.25) is 0 Å². The van der Waals surface area contributed by atoms with Gasteiger partial charge in [-0.2, -0.15) is 0 Å². The minimum absolute atomic E-state index is 0.641. The van der Waals surface area contributed by atoms with E-state index < -0.39 is 0 Å². The van der Waals surface area contributed by atoms with Gasteiger partial charge in [0.1, 0.15) is 0 Å². The lowest BCUT2D eigenvalue weighted by Gasteiger charge is -2.36. The molecule has 0 saturated heterocycles. The number of unbranched alkanes of at least 4 members (excludes halogenated alkanes) is 2. The van der Waals surface area contributed by atoms with Crippen LogP contribution in [-0.2, 0) is 0 Å². The average Bonchev–Trinajstić information content (AvgIpc) is 2.24. The summed E-state index contributed by atoms with van der Waals surface area (Å²) in [6, 6.07) is 0.715. The topological polar surface area (TPSA) is 12.0 Å². The van der Waals surface area contributed by atoms with Gasteiger partial charge in [0.05, 0.1) is 0 Å². The molecular weight excluding hydrogens is 198 g/mol. The minimum Gasteiger partial charge on any atom is -0.314 e. The maximum atomic E-state index is 3.64. The first kappa shape index (κ1) is 15.2. The van der Waals surface area contributed by atoms with Crippen LogP contribution < -0.4 is 5.32 Å². The van der Waals surface area contributed by atoms with E-state index in [2.05, 4.69) is 33.0 Å². The second-order valence-corrected chi connectivity index (χ2v) is 7.13. The molecule has 1 nitrogen and oxygen atoms in total. The molecule has 0 aromatic carbocycles. The van der Waals surface area contributed by atoms with E-state index in [1.807, 2.05) is 0 Å². The van der Waals surface area contributed by atoms with Gasteiger partial charge in [-0.15, -0.1) is 0 Å². The van der Waals surface area contributed by atoms with E-state index in [4.69, 9.17) is 0 Å². The monoisotopic (exact) mass is 229 g/mol. The highest BCUT2D eigenvalue weighted by Crippen LogP contribution is 2.38. The lowest BCUT2D eigenvalue weighted by molar-refractivity contribution is 0.343. The molecule has 0 aromatic rings. The van der Waals surface area contributed by atoms with Gasteiger partial charge in [-0.1, -0.05) is 46.5 Å². The normalized spacial score (nSPS) is 14.4. The molecule has 1 unspecified atom stereocenters. The van der Waals surface area contributed by atoms with E-state index in [0.29, 0.717) is 11.1 Å². The average molecular weight is 229 g/mol. The molecule has 0 rings (SSSR count). The Kier molecular flexibility index (Phi) is 8.44. The molecule has 2 heteroatoms. The molecule has 0 aliphatic carbocycles. The summed E-state index contributed by atoms with van der Waals surface area (Å²) in [7, 11) is 1.33. The van der Waals surface area contributed by atoms with Crippen LogP contribution in [0, 0.1) is 0 Å². The quantitative estimate of drug-likeness (QED) is 0.600. The molecule has 0 fully saturated rings.